The van der Waals surface area contributed by atoms with Crippen LogP contribution in [0.4, 0.5) is 0 Å². The molecule has 0 saturated heterocycles. The second kappa shape index (κ2) is 5.12. The molecule has 0 fully saturated rings. The number of fused-ring (bicyclic) bond motifs is 2. The standard InChI is InChI=1S/C19H22O/c1-2-8-14(9-3-1)19-17-12-5-4-10-15(17)16-11-6-7-13-18(16)20-19/h1-3,8-10,17,19H,4-7,11-13H2/t17-,19-/m0/s1. The van der Waals surface area contributed by atoms with E-state index in [0.717, 1.165) is 6.42 Å². The van der Waals surface area contributed by atoms with Crippen molar-refractivity contribution in [2.45, 2.75) is 51.0 Å². The molecule has 20 heavy (non-hydrogen) atoms. The summed E-state index contributed by atoms with van der Waals surface area (Å²) >= 11 is 0. The summed E-state index contributed by atoms with van der Waals surface area (Å²) in [6.45, 7) is 0. The van der Waals surface area contributed by atoms with Gasteiger partial charge in [0.15, 0.2) is 0 Å². The van der Waals surface area contributed by atoms with Crippen molar-refractivity contribution in [3.8, 4) is 0 Å². The van der Waals surface area contributed by atoms with E-state index >= 15 is 0 Å². The van der Waals surface area contributed by atoms with Gasteiger partial charge in [-0.15, -0.1) is 0 Å². The summed E-state index contributed by atoms with van der Waals surface area (Å²) in [5, 5.41) is 0. The summed E-state index contributed by atoms with van der Waals surface area (Å²) in [5.41, 5.74) is 4.54. The molecule has 2 aliphatic carbocycles. The quantitative estimate of drug-likeness (QED) is 0.669. The Balaban J connectivity index is 1.77. The Morgan fingerprint density at radius 1 is 0.950 bits per heavy atom. The maximum Gasteiger partial charge on any atom is 0.130 e. The molecule has 0 unspecified atom stereocenters. The zero-order chi connectivity index (χ0) is 13.4. The maximum absolute atomic E-state index is 6.48. The molecule has 1 heteroatoms. The molecule has 1 aromatic carbocycles. The number of ether oxygens (including phenoxy) is 1. The SMILES string of the molecule is C1=C2C3=C(CCCC3)O[C@@H](c3ccccc3)[C@H]2CCC1. The first-order chi connectivity index (χ1) is 9.93. The molecule has 1 nitrogen and oxygen atoms in total. The molecule has 0 bridgehead atoms. The highest BCUT2D eigenvalue weighted by Gasteiger charge is 2.37. The third-order valence-corrected chi connectivity index (χ3v) is 5.01. The molecule has 1 heterocycles. The normalized spacial score (nSPS) is 29.1. The van der Waals surface area contributed by atoms with E-state index in [9.17, 15) is 0 Å². The van der Waals surface area contributed by atoms with Crippen molar-refractivity contribution in [1.82, 2.24) is 0 Å². The van der Waals surface area contributed by atoms with Crippen molar-refractivity contribution in [3.05, 3.63) is 58.9 Å². The number of rotatable bonds is 1. The molecule has 1 aliphatic heterocycles. The van der Waals surface area contributed by atoms with Crippen LogP contribution in [0.5, 0.6) is 0 Å². The van der Waals surface area contributed by atoms with E-state index in [4.69, 9.17) is 4.74 Å². The van der Waals surface area contributed by atoms with Crippen LogP contribution < -0.4 is 0 Å². The van der Waals surface area contributed by atoms with E-state index in [1.807, 2.05) is 0 Å². The van der Waals surface area contributed by atoms with Gasteiger partial charge < -0.3 is 4.74 Å². The molecule has 1 aromatic rings. The molecular formula is C19H22O. The van der Waals surface area contributed by atoms with Gasteiger partial charge in [0, 0.05) is 12.3 Å². The first-order valence-electron chi connectivity index (χ1n) is 8.07. The minimum Gasteiger partial charge on any atom is -0.489 e. The van der Waals surface area contributed by atoms with Gasteiger partial charge >= 0.3 is 0 Å². The predicted octanol–water partition coefficient (Wildman–Crippen LogP) is 5.31. The first kappa shape index (κ1) is 12.3. The third-order valence-electron chi connectivity index (χ3n) is 5.01. The molecule has 0 radical (unpaired) electrons. The van der Waals surface area contributed by atoms with Crippen LogP contribution in [0.2, 0.25) is 0 Å². The van der Waals surface area contributed by atoms with Crippen LogP contribution in [0.25, 0.3) is 0 Å². The molecule has 0 saturated carbocycles. The predicted molar refractivity (Wildman–Crippen MR) is 81.2 cm³/mol. The topological polar surface area (TPSA) is 9.23 Å². The Morgan fingerprint density at radius 2 is 1.80 bits per heavy atom. The lowest BCUT2D eigenvalue weighted by Crippen LogP contribution is -2.28. The third kappa shape index (κ3) is 2.00. The van der Waals surface area contributed by atoms with Gasteiger partial charge in [-0.25, -0.2) is 0 Å². The van der Waals surface area contributed by atoms with E-state index in [-0.39, 0.29) is 6.10 Å². The monoisotopic (exact) mass is 266 g/mol. The van der Waals surface area contributed by atoms with E-state index < -0.39 is 0 Å². The van der Waals surface area contributed by atoms with Crippen LogP contribution in [-0.4, -0.2) is 0 Å². The number of hydrogen-bond donors (Lipinski definition) is 0. The number of hydrogen-bond acceptors (Lipinski definition) is 1. The summed E-state index contributed by atoms with van der Waals surface area (Å²) < 4.78 is 6.48. The van der Waals surface area contributed by atoms with Gasteiger partial charge in [0.2, 0.25) is 0 Å². The summed E-state index contributed by atoms with van der Waals surface area (Å²) in [7, 11) is 0. The van der Waals surface area contributed by atoms with Crippen molar-refractivity contribution >= 4 is 0 Å². The van der Waals surface area contributed by atoms with Crippen LogP contribution in [0.3, 0.4) is 0 Å². The van der Waals surface area contributed by atoms with Gasteiger partial charge in [-0.1, -0.05) is 36.4 Å². The number of benzene rings is 1. The molecule has 2 atom stereocenters. The zero-order valence-electron chi connectivity index (χ0n) is 12.0. The van der Waals surface area contributed by atoms with Gasteiger partial charge in [0.05, 0.1) is 0 Å². The molecule has 0 N–H and O–H groups in total. The Morgan fingerprint density at radius 3 is 2.70 bits per heavy atom. The minimum atomic E-state index is 0.250. The van der Waals surface area contributed by atoms with Gasteiger partial charge in [0.1, 0.15) is 11.9 Å². The highest BCUT2D eigenvalue weighted by molar-refractivity contribution is 5.42. The van der Waals surface area contributed by atoms with Crippen LogP contribution in [0.1, 0.15) is 56.6 Å². The van der Waals surface area contributed by atoms with Crippen molar-refractivity contribution in [3.63, 3.8) is 0 Å². The fourth-order valence-corrected chi connectivity index (χ4v) is 4.06. The Hall–Kier alpha value is -1.50. The molecule has 104 valence electrons. The smallest absolute Gasteiger partial charge is 0.130 e. The van der Waals surface area contributed by atoms with E-state index in [0.29, 0.717) is 5.92 Å². The van der Waals surface area contributed by atoms with Gasteiger partial charge in [-0.2, -0.15) is 0 Å². The first-order valence-corrected chi connectivity index (χ1v) is 8.07. The fraction of sp³-hybridized carbons (Fsp3) is 0.474. The van der Waals surface area contributed by atoms with Crippen LogP contribution in [0, 0.1) is 5.92 Å². The highest BCUT2D eigenvalue weighted by Crippen LogP contribution is 2.49. The van der Waals surface area contributed by atoms with Crippen molar-refractivity contribution in [2.75, 3.05) is 0 Å². The van der Waals surface area contributed by atoms with Gasteiger partial charge in [-0.05, 0) is 55.2 Å². The molecule has 0 spiro atoms. The lowest BCUT2D eigenvalue weighted by atomic mass is 9.73. The minimum absolute atomic E-state index is 0.250. The Kier molecular flexibility index (Phi) is 3.14. The molecule has 0 aromatic heterocycles. The summed E-state index contributed by atoms with van der Waals surface area (Å²) in [4.78, 5) is 0. The molecule has 4 rings (SSSR count). The largest absolute Gasteiger partial charge is 0.489 e. The highest BCUT2D eigenvalue weighted by atomic mass is 16.5. The van der Waals surface area contributed by atoms with Crippen molar-refractivity contribution < 1.29 is 4.74 Å². The summed E-state index contributed by atoms with van der Waals surface area (Å²) in [5.74, 6) is 1.89. The van der Waals surface area contributed by atoms with Crippen molar-refractivity contribution in [2.24, 2.45) is 5.92 Å². The van der Waals surface area contributed by atoms with Gasteiger partial charge in [0.25, 0.3) is 0 Å². The fourth-order valence-electron chi connectivity index (χ4n) is 4.06. The summed E-state index contributed by atoms with van der Waals surface area (Å²) in [6, 6.07) is 10.8. The molecular weight excluding hydrogens is 244 g/mol. The lowest BCUT2D eigenvalue weighted by molar-refractivity contribution is 0.0464. The summed E-state index contributed by atoms with van der Waals surface area (Å²) in [6.07, 6.45) is 11.6. The Labute approximate surface area is 121 Å². The van der Waals surface area contributed by atoms with Crippen LogP contribution in [-0.2, 0) is 4.74 Å². The van der Waals surface area contributed by atoms with Crippen LogP contribution in [0.15, 0.2) is 53.3 Å². The molecule has 3 aliphatic rings. The van der Waals surface area contributed by atoms with E-state index in [2.05, 4.69) is 36.4 Å². The van der Waals surface area contributed by atoms with E-state index in [1.165, 1.54) is 49.8 Å². The Bertz CT molecular complexity index is 552. The molecule has 0 amide bonds. The average molecular weight is 266 g/mol. The van der Waals surface area contributed by atoms with Gasteiger partial charge in [-0.3, -0.25) is 0 Å². The lowest BCUT2D eigenvalue weighted by Gasteiger charge is -2.41. The average Bonchev–Trinajstić information content (AvgIpc) is 2.55. The maximum atomic E-state index is 6.48. The second-order valence-corrected chi connectivity index (χ2v) is 6.25. The van der Waals surface area contributed by atoms with Crippen LogP contribution >= 0.6 is 0 Å². The van der Waals surface area contributed by atoms with E-state index in [1.54, 1.807) is 11.1 Å². The zero-order valence-corrected chi connectivity index (χ0v) is 12.0. The van der Waals surface area contributed by atoms with Crippen molar-refractivity contribution in [1.29, 1.82) is 0 Å². The number of allylic oxidation sites excluding steroid dienone is 3. The second-order valence-electron chi connectivity index (χ2n) is 6.25.